The molecule has 0 aliphatic carbocycles. The number of hydrogen-bond acceptors (Lipinski definition) is 3. The van der Waals surface area contributed by atoms with Gasteiger partial charge >= 0.3 is 0 Å². The Morgan fingerprint density at radius 3 is 1.63 bits per heavy atom. The summed E-state index contributed by atoms with van der Waals surface area (Å²) in [4.78, 5) is 9.03. The molecule has 0 bridgehead atoms. The van der Waals surface area contributed by atoms with Gasteiger partial charge in [0.2, 0.25) is 0 Å². The van der Waals surface area contributed by atoms with E-state index in [1.54, 1.807) is 0 Å². The van der Waals surface area contributed by atoms with Crippen LogP contribution in [0, 0.1) is 0 Å². The molecule has 0 radical (unpaired) electrons. The van der Waals surface area contributed by atoms with Gasteiger partial charge in [0.25, 0.3) is 6.16 Å². The van der Waals surface area contributed by atoms with Crippen molar-refractivity contribution in [2.45, 2.75) is 58.3 Å². The molecule has 0 aliphatic heterocycles. The highest BCUT2D eigenvalue weighted by Crippen LogP contribution is 2.09. The molecule has 116 valence electrons. The van der Waals surface area contributed by atoms with Crippen molar-refractivity contribution in [1.82, 2.24) is 0 Å². The number of carboxylic acid groups (broad SMARTS) is 1. The molecule has 0 unspecified atom stereocenters. The molecule has 0 aliphatic rings. The summed E-state index contributed by atoms with van der Waals surface area (Å²) in [5.74, 6) is 0. The SMILES string of the molecule is CCCCCCCCCC[N+](C)(C)C.COC(=O)[O-]. The van der Waals surface area contributed by atoms with Crippen molar-refractivity contribution in [2.24, 2.45) is 0 Å². The molecule has 0 amide bonds. The van der Waals surface area contributed by atoms with Crippen molar-refractivity contribution in [3.8, 4) is 0 Å². The predicted octanol–water partition coefficient (Wildman–Crippen LogP) is 2.81. The molecule has 4 nitrogen and oxygen atoms in total. The molecular weight excluding hydrogens is 242 g/mol. The molecule has 4 heteroatoms. The Morgan fingerprint density at radius 2 is 1.32 bits per heavy atom. The second-order valence-corrected chi connectivity index (χ2v) is 5.94. The van der Waals surface area contributed by atoms with Crippen molar-refractivity contribution in [3.63, 3.8) is 0 Å². The maximum atomic E-state index is 9.03. The third-order valence-corrected chi connectivity index (χ3v) is 2.85. The van der Waals surface area contributed by atoms with E-state index >= 15 is 0 Å². The zero-order chi connectivity index (χ0) is 15.1. The number of quaternary nitrogens is 1. The molecule has 0 heterocycles. The van der Waals surface area contributed by atoms with Crippen LogP contribution in [-0.4, -0.2) is 45.4 Å². The van der Waals surface area contributed by atoms with E-state index in [0.29, 0.717) is 0 Å². The molecule has 0 aromatic heterocycles. The highest BCUT2D eigenvalue weighted by molar-refractivity contribution is 5.53. The van der Waals surface area contributed by atoms with E-state index in [-0.39, 0.29) is 0 Å². The zero-order valence-electron chi connectivity index (χ0n) is 13.5. The molecule has 0 aromatic carbocycles. The van der Waals surface area contributed by atoms with E-state index in [0.717, 1.165) is 11.6 Å². The lowest BCUT2D eigenvalue weighted by atomic mass is 10.1. The number of methoxy groups -OCH3 is 1. The Balaban J connectivity index is 0. The smallest absolute Gasteiger partial charge is 0.251 e. The summed E-state index contributed by atoms with van der Waals surface area (Å²) in [5.41, 5.74) is 0. The second-order valence-electron chi connectivity index (χ2n) is 5.94. The summed E-state index contributed by atoms with van der Waals surface area (Å²) in [6.07, 6.45) is 9.94. The molecule has 19 heavy (non-hydrogen) atoms. The average molecular weight is 275 g/mol. The maximum absolute atomic E-state index is 9.03. The molecule has 0 rings (SSSR count). The number of ether oxygens (including phenoxy) is 1. The van der Waals surface area contributed by atoms with E-state index in [2.05, 4.69) is 32.8 Å². The van der Waals surface area contributed by atoms with Gasteiger partial charge < -0.3 is 19.1 Å². The third kappa shape index (κ3) is 26.7. The maximum Gasteiger partial charge on any atom is 0.251 e. The fraction of sp³-hybridized carbons (Fsp3) is 0.933. The summed E-state index contributed by atoms with van der Waals surface area (Å²) in [6.45, 7) is 3.61. The van der Waals surface area contributed by atoms with Crippen LogP contribution in [0.15, 0.2) is 0 Å². The number of unbranched alkanes of at least 4 members (excludes halogenated alkanes) is 7. The first-order valence-electron chi connectivity index (χ1n) is 7.39. The molecule has 0 saturated heterocycles. The van der Waals surface area contributed by atoms with Gasteiger partial charge in [-0.3, -0.25) is 0 Å². The fourth-order valence-electron chi connectivity index (χ4n) is 1.72. The lowest BCUT2D eigenvalue weighted by Gasteiger charge is -2.23. The molecule has 0 saturated carbocycles. The quantitative estimate of drug-likeness (QED) is 0.369. The van der Waals surface area contributed by atoms with Crippen molar-refractivity contribution >= 4 is 6.16 Å². The van der Waals surface area contributed by atoms with Crippen LogP contribution in [0.3, 0.4) is 0 Å². The summed E-state index contributed by atoms with van der Waals surface area (Å²) in [5, 5.41) is 9.03. The number of carbonyl (C=O) groups is 1. The highest BCUT2D eigenvalue weighted by Gasteiger charge is 2.04. The van der Waals surface area contributed by atoms with Crippen LogP contribution in [0.25, 0.3) is 0 Å². The normalized spacial score (nSPS) is 10.6. The van der Waals surface area contributed by atoms with Gasteiger partial charge in [-0.2, -0.15) is 0 Å². The van der Waals surface area contributed by atoms with Gasteiger partial charge in [-0.25, -0.2) is 0 Å². The fourth-order valence-corrected chi connectivity index (χ4v) is 1.72. The Kier molecular flexibility index (Phi) is 14.8. The predicted molar refractivity (Wildman–Crippen MR) is 77.9 cm³/mol. The average Bonchev–Trinajstić information content (AvgIpc) is 2.32. The summed E-state index contributed by atoms with van der Waals surface area (Å²) in [7, 11) is 7.87. The van der Waals surface area contributed by atoms with Crippen molar-refractivity contribution < 1.29 is 19.1 Å². The Bertz CT molecular complexity index is 200. The highest BCUT2D eigenvalue weighted by atomic mass is 16.6. The monoisotopic (exact) mass is 275 g/mol. The van der Waals surface area contributed by atoms with Crippen LogP contribution in [-0.2, 0) is 4.74 Å². The second kappa shape index (κ2) is 13.7. The van der Waals surface area contributed by atoms with E-state index in [1.807, 2.05) is 0 Å². The number of nitrogens with zero attached hydrogens (tertiary/aromatic N) is 1. The van der Waals surface area contributed by atoms with E-state index in [9.17, 15) is 0 Å². The molecular formula is C15H33NO3. The summed E-state index contributed by atoms with van der Waals surface area (Å²) >= 11 is 0. The summed E-state index contributed by atoms with van der Waals surface area (Å²) < 4.78 is 4.68. The minimum Gasteiger partial charge on any atom is -0.553 e. The van der Waals surface area contributed by atoms with Crippen LogP contribution in [0.2, 0.25) is 0 Å². The van der Waals surface area contributed by atoms with E-state index < -0.39 is 6.16 Å². The van der Waals surface area contributed by atoms with Gasteiger partial charge in [-0.1, -0.05) is 45.4 Å². The van der Waals surface area contributed by atoms with Crippen molar-refractivity contribution in [1.29, 1.82) is 0 Å². The van der Waals surface area contributed by atoms with Gasteiger partial charge in [0.1, 0.15) is 0 Å². The largest absolute Gasteiger partial charge is 0.553 e. The van der Waals surface area contributed by atoms with Gasteiger partial charge in [0.05, 0.1) is 27.7 Å². The Hall–Kier alpha value is -0.770. The first-order valence-corrected chi connectivity index (χ1v) is 7.39. The third-order valence-electron chi connectivity index (χ3n) is 2.85. The molecule has 0 spiro atoms. The minimum atomic E-state index is -1.50. The van der Waals surface area contributed by atoms with Gasteiger partial charge in [-0.15, -0.1) is 0 Å². The number of rotatable bonds is 9. The minimum absolute atomic E-state index is 1.04. The van der Waals surface area contributed by atoms with E-state index in [4.69, 9.17) is 9.90 Å². The molecule has 0 fully saturated rings. The van der Waals surface area contributed by atoms with Gasteiger partial charge in [0.15, 0.2) is 0 Å². The Morgan fingerprint density at radius 1 is 0.947 bits per heavy atom. The summed E-state index contributed by atoms with van der Waals surface area (Å²) in [6, 6.07) is 0. The Labute approximate surface area is 119 Å². The van der Waals surface area contributed by atoms with Crippen LogP contribution in [0.5, 0.6) is 0 Å². The van der Waals surface area contributed by atoms with Crippen molar-refractivity contribution in [3.05, 3.63) is 0 Å². The van der Waals surface area contributed by atoms with E-state index in [1.165, 1.54) is 57.9 Å². The topological polar surface area (TPSA) is 49.4 Å². The van der Waals surface area contributed by atoms with Crippen LogP contribution in [0.1, 0.15) is 58.3 Å². The van der Waals surface area contributed by atoms with Crippen LogP contribution >= 0.6 is 0 Å². The molecule has 0 aromatic rings. The van der Waals surface area contributed by atoms with Gasteiger partial charge in [-0.05, 0) is 12.8 Å². The molecule has 0 N–H and O–H groups in total. The van der Waals surface area contributed by atoms with Crippen molar-refractivity contribution in [2.75, 3.05) is 34.8 Å². The lowest BCUT2D eigenvalue weighted by molar-refractivity contribution is -0.870. The first-order chi connectivity index (χ1) is 8.83. The van der Waals surface area contributed by atoms with Crippen LogP contribution < -0.4 is 5.11 Å². The standard InChI is InChI=1S/C13H30N.C2H4O3/c1-5-6-7-8-9-10-11-12-13-14(2,3)4;1-5-2(3)4/h5-13H2,1-4H3;1H3,(H,3,4)/q+1;/p-1. The number of hydrogen-bond donors (Lipinski definition) is 0. The first kappa shape index (κ1) is 20.5. The van der Waals surface area contributed by atoms with Crippen LogP contribution in [0.4, 0.5) is 4.79 Å². The van der Waals surface area contributed by atoms with Gasteiger partial charge in [0, 0.05) is 7.11 Å². The number of carbonyl (C=O) groups excluding carboxylic acids is 1. The lowest BCUT2D eigenvalue weighted by Crippen LogP contribution is -2.35. The zero-order valence-corrected chi connectivity index (χ0v) is 13.5. The molecule has 0 atom stereocenters.